The maximum absolute atomic E-state index is 12.2. The van der Waals surface area contributed by atoms with E-state index in [2.05, 4.69) is 6.92 Å². The van der Waals surface area contributed by atoms with Gasteiger partial charge in [-0.3, -0.25) is 0 Å². The summed E-state index contributed by atoms with van der Waals surface area (Å²) >= 11 is 0. The van der Waals surface area contributed by atoms with Crippen molar-refractivity contribution in [2.45, 2.75) is 65.1 Å². The molecule has 0 radical (unpaired) electrons. The summed E-state index contributed by atoms with van der Waals surface area (Å²) in [7, 11) is 0. The van der Waals surface area contributed by atoms with E-state index in [1.807, 2.05) is 27.7 Å². The van der Waals surface area contributed by atoms with E-state index in [-0.39, 0.29) is 11.7 Å². The zero-order valence-corrected chi connectivity index (χ0v) is 14.2. The van der Waals surface area contributed by atoms with E-state index >= 15 is 0 Å². The molecule has 0 bridgehead atoms. The molecule has 1 saturated heterocycles. The fourth-order valence-electron chi connectivity index (χ4n) is 2.55. The third kappa shape index (κ3) is 6.22. The molecule has 0 aromatic carbocycles. The van der Waals surface area contributed by atoms with Crippen LogP contribution in [0.25, 0.3) is 0 Å². The molecular formula is C16H31NO4. The van der Waals surface area contributed by atoms with Crippen molar-refractivity contribution in [3.05, 3.63) is 0 Å². The van der Waals surface area contributed by atoms with E-state index < -0.39 is 5.60 Å². The summed E-state index contributed by atoms with van der Waals surface area (Å²) in [6, 6.07) is 0. The maximum atomic E-state index is 12.2. The van der Waals surface area contributed by atoms with Crippen molar-refractivity contribution in [2.24, 2.45) is 0 Å². The first-order chi connectivity index (χ1) is 9.82. The third-order valence-electron chi connectivity index (χ3n) is 3.68. The highest BCUT2D eigenvalue weighted by Gasteiger charge is 2.38. The molecule has 1 aliphatic heterocycles. The van der Waals surface area contributed by atoms with Crippen molar-refractivity contribution >= 4 is 6.09 Å². The van der Waals surface area contributed by atoms with Gasteiger partial charge in [-0.25, -0.2) is 4.79 Å². The monoisotopic (exact) mass is 301 g/mol. The van der Waals surface area contributed by atoms with Gasteiger partial charge in [-0.05, 0) is 47.0 Å². The summed E-state index contributed by atoms with van der Waals surface area (Å²) in [5, 5.41) is 0. The molecule has 1 unspecified atom stereocenters. The highest BCUT2D eigenvalue weighted by atomic mass is 16.6. The Morgan fingerprint density at radius 3 is 2.52 bits per heavy atom. The molecule has 0 saturated carbocycles. The first-order valence-corrected chi connectivity index (χ1v) is 8.01. The lowest BCUT2D eigenvalue weighted by Crippen LogP contribution is -2.52. The first-order valence-electron chi connectivity index (χ1n) is 8.01. The topological polar surface area (TPSA) is 48.0 Å². The van der Waals surface area contributed by atoms with Gasteiger partial charge in [0.15, 0.2) is 0 Å². The number of likely N-dealkylation sites (tertiary alicyclic amines) is 1. The average molecular weight is 301 g/mol. The van der Waals surface area contributed by atoms with E-state index in [0.29, 0.717) is 26.4 Å². The van der Waals surface area contributed by atoms with Gasteiger partial charge in [0.1, 0.15) is 5.60 Å². The summed E-state index contributed by atoms with van der Waals surface area (Å²) in [6.45, 7) is 13.0. The molecule has 1 heterocycles. The van der Waals surface area contributed by atoms with E-state index in [1.54, 1.807) is 4.90 Å². The Morgan fingerprint density at radius 2 is 1.95 bits per heavy atom. The van der Waals surface area contributed by atoms with Crippen LogP contribution in [0.5, 0.6) is 0 Å². The summed E-state index contributed by atoms with van der Waals surface area (Å²) in [5.74, 6) is 0. The molecule has 0 aromatic rings. The van der Waals surface area contributed by atoms with Crippen molar-refractivity contribution in [1.29, 1.82) is 0 Å². The number of ether oxygens (including phenoxy) is 3. The first kappa shape index (κ1) is 18.2. The smallest absolute Gasteiger partial charge is 0.410 e. The Labute approximate surface area is 128 Å². The SMILES string of the molecule is CCOCCOC1(CC)CCCN(C(=O)OC(C)(C)C)C1. The zero-order valence-electron chi connectivity index (χ0n) is 14.2. The van der Waals surface area contributed by atoms with Crippen LogP contribution in [0.15, 0.2) is 0 Å². The van der Waals surface area contributed by atoms with Crippen LogP contribution in [0.4, 0.5) is 4.79 Å². The van der Waals surface area contributed by atoms with Crippen LogP contribution in [0.1, 0.15) is 53.9 Å². The van der Waals surface area contributed by atoms with Crippen molar-refractivity contribution in [1.82, 2.24) is 4.90 Å². The number of piperidine rings is 1. The van der Waals surface area contributed by atoms with Crippen LogP contribution in [0.3, 0.4) is 0 Å². The Bertz CT molecular complexity index is 327. The van der Waals surface area contributed by atoms with E-state index in [4.69, 9.17) is 14.2 Å². The third-order valence-corrected chi connectivity index (χ3v) is 3.68. The van der Waals surface area contributed by atoms with Gasteiger partial charge in [-0.2, -0.15) is 0 Å². The van der Waals surface area contributed by atoms with Gasteiger partial charge in [0, 0.05) is 13.2 Å². The number of carbonyl (C=O) groups excluding carboxylic acids is 1. The molecule has 1 atom stereocenters. The fourth-order valence-corrected chi connectivity index (χ4v) is 2.55. The number of carbonyl (C=O) groups is 1. The second kappa shape index (κ2) is 7.99. The standard InChI is InChI=1S/C16H31NO4/c1-6-16(20-12-11-19-7-2)9-8-10-17(13-16)14(18)21-15(3,4)5/h6-13H2,1-5H3. The molecule has 124 valence electrons. The van der Waals surface area contributed by atoms with Gasteiger partial charge < -0.3 is 19.1 Å². The van der Waals surface area contributed by atoms with Gasteiger partial charge in [-0.1, -0.05) is 6.92 Å². The summed E-state index contributed by atoms with van der Waals surface area (Å²) in [4.78, 5) is 14.0. The Balaban J connectivity index is 2.56. The molecule has 5 heteroatoms. The number of hydrogen-bond donors (Lipinski definition) is 0. The Kier molecular flexibility index (Phi) is 6.94. The second-order valence-corrected chi connectivity index (χ2v) is 6.59. The molecule has 0 spiro atoms. The quantitative estimate of drug-likeness (QED) is 0.707. The van der Waals surface area contributed by atoms with Crippen LogP contribution in [0, 0.1) is 0 Å². The Hall–Kier alpha value is -0.810. The van der Waals surface area contributed by atoms with E-state index in [9.17, 15) is 4.79 Å². The largest absolute Gasteiger partial charge is 0.444 e. The van der Waals surface area contributed by atoms with E-state index in [0.717, 1.165) is 25.8 Å². The molecule has 0 aliphatic carbocycles. The normalized spacial score (nSPS) is 23.2. The molecule has 1 aliphatic rings. The zero-order chi connectivity index (χ0) is 15.9. The van der Waals surface area contributed by atoms with E-state index in [1.165, 1.54) is 0 Å². The molecule has 1 fully saturated rings. The van der Waals surface area contributed by atoms with Crippen LogP contribution in [0.2, 0.25) is 0 Å². The summed E-state index contributed by atoms with van der Waals surface area (Å²) in [5.41, 5.74) is -0.717. The molecule has 0 aromatic heterocycles. The van der Waals surface area contributed by atoms with Gasteiger partial charge in [0.2, 0.25) is 0 Å². The van der Waals surface area contributed by atoms with Crippen LogP contribution >= 0.6 is 0 Å². The maximum Gasteiger partial charge on any atom is 0.410 e. The molecule has 1 rings (SSSR count). The highest BCUT2D eigenvalue weighted by molar-refractivity contribution is 5.68. The number of nitrogens with zero attached hydrogens (tertiary/aromatic N) is 1. The van der Waals surface area contributed by atoms with Gasteiger partial charge in [0.05, 0.1) is 25.4 Å². The molecule has 0 N–H and O–H groups in total. The van der Waals surface area contributed by atoms with Crippen molar-refractivity contribution in [3.8, 4) is 0 Å². The number of hydrogen-bond acceptors (Lipinski definition) is 4. The van der Waals surface area contributed by atoms with Gasteiger partial charge in [0.25, 0.3) is 0 Å². The summed E-state index contributed by atoms with van der Waals surface area (Å²) < 4.78 is 16.8. The minimum absolute atomic E-state index is 0.242. The lowest BCUT2D eigenvalue weighted by Gasteiger charge is -2.42. The van der Waals surface area contributed by atoms with Gasteiger partial charge >= 0.3 is 6.09 Å². The minimum Gasteiger partial charge on any atom is -0.444 e. The van der Waals surface area contributed by atoms with Crippen LogP contribution < -0.4 is 0 Å². The average Bonchev–Trinajstić information content (AvgIpc) is 2.42. The molecular weight excluding hydrogens is 270 g/mol. The fraction of sp³-hybridized carbons (Fsp3) is 0.938. The Morgan fingerprint density at radius 1 is 1.24 bits per heavy atom. The molecule has 5 nitrogen and oxygen atoms in total. The molecule has 21 heavy (non-hydrogen) atoms. The second-order valence-electron chi connectivity index (χ2n) is 6.59. The number of rotatable bonds is 6. The molecule has 1 amide bonds. The number of amides is 1. The lowest BCUT2D eigenvalue weighted by molar-refractivity contribution is -0.105. The van der Waals surface area contributed by atoms with Crippen LogP contribution in [-0.4, -0.2) is 55.1 Å². The van der Waals surface area contributed by atoms with Gasteiger partial charge in [-0.15, -0.1) is 0 Å². The predicted molar refractivity (Wildman–Crippen MR) is 82.5 cm³/mol. The van der Waals surface area contributed by atoms with Crippen LogP contribution in [-0.2, 0) is 14.2 Å². The van der Waals surface area contributed by atoms with Crippen molar-refractivity contribution in [2.75, 3.05) is 32.9 Å². The van der Waals surface area contributed by atoms with Crippen molar-refractivity contribution in [3.63, 3.8) is 0 Å². The highest BCUT2D eigenvalue weighted by Crippen LogP contribution is 2.29. The summed E-state index contributed by atoms with van der Waals surface area (Å²) in [6.07, 6.45) is 2.57. The minimum atomic E-state index is -0.459. The lowest BCUT2D eigenvalue weighted by atomic mass is 9.90. The van der Waals surface area contributed by atoms with Crippen molar-refractivity contribution < 1.29 is 19.0 Å². The predicted octanol–water partition coefficient (Wildman–Crippen LogP) is 3.22.